The molecule has 8 heteroatoms. The van der Waals surface area contributed by atoms with E-state index in [1.54, 1.807) is 35.4 Å². The van der Waals surface area contributed by atoms with E-state index >= 15 is 0 Å². The highest BCUT2D eigenvalue weighted by molar-refractivity contribution is 5.92. The molecule has 0 aliphatic heterocycles. The molecule has 186 valence electrons. The van der Waals surface area contributed by atoms with Crippen molar-refractivity contribution in [2.24, 2.45) is 0 Å². The fourth-order valence-corrected chi connectivity index (χ4v) is 3.58. The van der Waals surface area contributed by atoms with Crippen LogP contribution in [0.15, 0.2) is 71.3 Å². The Hall–Kier alpha value is -3.65. The number of nitrogens with one attached hydrogen (secondary N) is 1. The molecular formula is C27H32FN3O4. The van der Waals surface area contributed by atoms with Gasteiger partial charge >= 0.3 is 6.03 Å². The summed E-state index contributed by atoms with van der Waals surface area (Å²) >= 11 is 0. The molecule has 3 amide bonds. The average molecular weight is 482 g/mol. The van der Waals surface area contributed by atoms with E-state index in [-0.39, 0.29) is 37.4 Å². The number of ether oxygens (including phenoxy) is 1. The maximum atomic E-state index is 13.4. The lowest BCUT2D eigenvalue weighted by Crippen LogP contribution is -2.44. The minimum Gasteiger partial charge on any atom is -0.467 e. The highest BCUT2D eigenvalue weighted by Gasteiger charge is 2.22. The third-order valence-corrected chi connectivity index (χ3v) is 5.37. The van der Waals surface area contributed by atoms with Crippen molar-refractivity contribution in [2.45, 2.75) is 33.4 Å². The Balaban J connectivity index is 1.74. The summed E-state index contributed by atoms with van der Waals surface area (Å²) < 4.78 is 24.2. The zero-order valence-corrected chi connectivity index (χ0v) is 20.2. The quantitative estimate of drug-likeness (QED) is 0.360. The first-order valence-electron chi connectivity index (χ1n) is 11.7. The molecule has 0 atom stereocenters. The molecule has 1 N–H and O–H groups in total. The third-order valence-electron chi connectivity index (χ3n) is 5.37. The number of furan rings is 1. The number of halogens is 1. The summed E-state index contributed by atoms with van der Waals surface area (Å²) in [5, 5.41) is 2.88. The summed E-state index contributed by atoms with van der Waals surface area (Å²) in [6.07, 6.45) is 2.14. The summed E-state index contributed by atoms with van der Waals surface area (Å²) in [7, 11) is 0. The molecule has 3 rings (SSSR count). The van der Waals surface area contributed by atoms with E-state index in [0.717, 1.165) is 11.1 Å². The number of amides is 3. The van der Waals surface area contributed by atoms with E-state index in [9.17, 15) is 14.0 Å². The second kappa shape index (κ2) is 13.3. The Morgan fingerprint density at radius 2 is 1.83 bits per heavy atom. The molecule has 0 bridgehead atoms. The molecule has 1 heterocycles. The van der Waals surface area contributed by atoms with E-state index in [0.29, 0.717) is 37.6 Å². The molecule has 0 radical (unpaired) electrons. The molecule has 0 unspecified atom stereocenters. The highest BCUT2D eigenvalue weighted by atomic mass is 19.1. The van der Waals surface area contributed by atoms with Crippen LogP contribution in [0.3, 0.4) is 0 Å². The standard InChI is InChI=1S/C27H32FN3O4/c1-3-34-15-6-14-30(27(33)29-24-8-4-7-21(2)17-24)20-26(32)31(19-25-9-5-16-35-25)18-22-10-12-23(28)13-11-22/h4-5,7-13,16-17H,3,6,14-15,18-20H2,1-2H3,(H,29,33). The van der Waals surface area contributed by atoms with Crippen LogP contribution in [0.5, 0.6) is 0 Å². The van der Waals surface area contributed by atoms with Gasteiger partial charge in [0.05, 0.1) is 12.8 Å². The lowest BCUT2D eigenvalue weighted by Gasteiger charge is -2.27. The van der Waals surface area contributed by atoms with Gasteiger partial charge in [0, 0.05) is 32.0 Å². The van der Waals surface area contributed by atoms with Crippen LogP contribution in [0.2, 0.25) is 0 Å². The number of hydrogen-bond acceptors (Lipinski definition) is 4. The molecule has 0 saturated heterocycles. The number of rotatable bonds is 12. The van der Waals surface area contributed by atoms with E-state index in [1.807, 2.05) is 38.1 Å². The van der Waals surface area contributed by atoms with Crippen molar-refractivity contribution in [1.82, 2.24) is 9.80 Å². The lowest BCUT2D eigenvalue weighted by molar-refractivity contribution is -0.133. The van der Waals surface area contributed by atoms with Crippen LogP contribution in [0, 0.1) is 12.7 Å². The van der Waals surface area contributed by atoms with Crippen LogP contribution in [-0.2, 0) is 22.6 Å². The SMILES string of the molecule is CCOCCCN(CC(=O)N(Cc1ccc(F)cc1)Cc1ccco1)C(=O)Nc1cccc(C)c1. The number of hydrogen-bond donors (Lipinski definition) is 1. The van der Waals surface area contributed by atoms with Gasteiger partial charge in [-0.15, -0.1) is 0 Å². The number of carbonyl (C=O) groups excluding carboxylic acids is 2. The third kappa shape index (κ3) is 8.57. The first kappa shape index (κ1) is 26.0. The summed E-state index contributed by atoms with van der Waals surface area (Å²) in [4.78, 5) is 29.6. The Morgan fingerprint density at radius 1 is 1.03 bits per heavy atom. The average Bonchev–Trinajstić information content (AvgIpc) is 3.35. The van der Waals surface area contributed by atoms with Crippen molar-refractivity contribution in [3.8, 4) is 0 Å². The summed E-state index contributed by atoms with van der Waals surface area (Å²) in [6, 6.07) is 16.7. The minimum atomic E-state index is -0.361. The Bertz CT molecular complexity index is 1070. The Labute approximate surface area is 205 Å². The Morgan fingerprint density at radius 3 is 2.51 bits per heavy atom. The zero-order chi connectivity index (χ0) is 25.0. The molecule has 2 aromatic carbocycles. The Kier molecular flexibility index (Phi) is 9.86. The monoisotopic (exact) mass is 481 g/mol. The van der Waals surface area contributed by atoms with Crippen molar-refractivity contribution >= 4 is 17.6 Å². The molecule has 35 heavy (non-hydrogen) atoms. The molecular weight excluding hydrogens is 449 g/mol. The van der Waals surface area contributed by atoms with Crippen LogP contribution < -0.4 is 5.32 Å². The summed E-state index contributed by atoms with van der Waals surface area (Å²) in [5.41, 5.74) is 2.46. The van der Waals surface area contributed by atoms with Crippen molar-refractivity contribution in [2.75, 3.05) is 31.6 Å². The van der Waals surface area contributed by atoms with Gasteiger partial charge in [-0.25, -0.2) is 9.18 Å². The molecule has 0 aliphatic carbocycles. The predicted octanol–water partition coefficient (Wildman–Crippen LogP) is 5.22. The minimum absolute atomic E-state index is 0.119. The topological polar surface area (TPSA) is 75.0 Å². The molecule has 0 spiro atoms. The molecule has 7 nitrogen and oxygen atoms in total. The van der Waals surface area contributed by atoms with Gasteiger partial charge in [0.25, 0.3) is 0 Å². The van der Waals surface area contributed by atoms with Crippen molar-refractivity contribution in [3.63, 3.8) is 0 Å². The summed E-state index contributed by atoms with van der Waals surface area (Å²) in [6.45, 7) is 5.66. The molecule has 0 saturated carbocycles. The van der Waals surface area contributed by atoms with E-state index in [2.05, 4.69) is 5.32 Å². The fourth-order valence-electron chi connectivity index (χ4n) is 3.58. The first-order valence-corrected chi connectivity index (χ1v) is 11.7. The van der Waals surface area contributed by atoms with Gasteiger partial charge in [-0.2, -0.15) is 0 Å². The van der Waals surface area contributed by atoms with E-state index in [1.165, 1.54) is 17.0 Å². The maximum absolute atomic E-state index is 13.4. The van der Waals surface area contributed by atoms with Gasteiger partial charge < -0.3 is 24.3 Å². The number of nitrogens with zero attached hydrogens (tertiary/aromatic N) is 2. The number of anilines is 1. The summed E-state index contributed by atoms with van der Waals surface area (Å²) in [5.74, 6) is 0.0278. The molecule has 3 aromatic rings. The van der Waals surface area contributed by atoms with E-state index in [4.69, 9.17) is 9.15 Å². The molecule has 0 fully saturated rings. The smallest absolute Gasteiger partial charge is 0.322 e. The van der Waals surface area contributed by atoms with Gasteiger partial charge in [-0.05, 0) is 67.8 Å². The molecule has 1 aromatic heterocycles. The zero-order valence-electron chi connectivity index (χ0n) is 20.2. The number of urea groups is 1. The second-order valence-electron chi connectivity index (χ2n) is 8.23. The predicted molar refractivity (Wildman–Crippen MR) is 132 cm³/mol. The van der Waals surface area contributed by atoms with Crippen LogP contribution in [0.4, 0.5) is 14.9 Å². The van der Waals surface area contributed by atoms with Gasteiger partial charge in [0.1, 0.15) is 18.1 Å². The van der Waals surface area contributed by atoms with Gasteiger partial charge in [0.15, 0.2) is 0 Å². The first-order chi connectivity index (χ1) is 16.9. The van der Waals surface area contributed by atoms with Crippen LogP contribution in [-0.4, -0.2) is 48.0 Å². The van der Waals surface area contributed by atoms with Crippen LogP contribution in [0.25, 0.3) is 0 Å². The largest absolute Gasteiger partial charge is 0.467 e. The van der Waals surface area contributed by atoms with E-state index < -0.39 is 0 Å². The second-order valence-corrected chi connectivity index (χ2v) is 8.23. The highest BCUT2D eigenvalue weighted by Crippen LogP contribution is 2.14. The van der Waals surface area contributed by atoms with Crippen molar-refractivity contribution in [3.05, 3.63) is 89.6 Å². The van der Waals surface area contributed by atoms with Gasteiger partial charge in [-0.3, -0.25) is 4.79 Å². The van der Waals surface area contributed by atoms with Crippen molar-refractivity contribution < 1.29 is 23.1 Å². The van der Waals surface area contributed by atoms with Gasteiger partial charge in [-0.1, -0.05) is 24.3 Å². The van der Waals surface area contributed by atoms with Crippen LogP contribution >= 0.6 is 0 Å². The fraction of sp³-hybridized carbons (Fsp3) is 0.333. The van der Waals surface area contributed by atoms with Crippen molar-refractivity contribution in [1.29, 1.82) is 0 Å². The number of aryl methyl sites for hydroxylation is 1. The number of carbonyl (C=O) groups is 2. The van der Waals surface area contributed by atoms with Crippen LogP contribution in [0.1, 0.15) is 30.2 Å². The van der Waals surface area contributed by atoms with Gasteiger partial charge in [0.2, 0.25) is 5.91 Å². The lowest BCUT2D eigenvalue weighted by atomic mass is 10.2. The number of benzene rings is 2. The maximum Gasteiger partial charge on any atom is 0.322 e. The molecule has 0 aliphatic rings. The normalized spacial score (nSPS) is 10.7.